The van der Waals surface area contributed by atoms with Gasteiger partial charge < -0.3 is 15.4 Å². The second-order valence-electron chi connectivity index (χ2n) is 4.21. The van der Waals surface area contributed by atoms with Gasteiger partial charge in [0.15, 0.2) is 0 Å². The largest absolute Gasteiger partial charge is 0.385 e. The number of anilines is 1. The third-order valence-electron chi connectivity index (χ3n) is 2.59. The van der Waals surface area contributed by atoms with Gasteiger partial charge in [0.1, 0.15) is 17.3 Å². The van der Waals surface area contributed by atoms with Crippen molar-refractivity contribution >= 4 is 11.6 Å². The lowest BCUT2D eigenvalue weighted by molar-refractivity contribution is -0.115. The summed E-state index contributed by atoms with van der Waals surface area (Å²) in [6, 6.07) is 3.50. The highest BCUT2D eigenvalue weighted by Crippen LogP contribution is 2.17. The maximum absolute atomic E-state index is 13.3. The number of para-hydroxylation sites is 1. The van der Waals surface area contributed by atoms with Gasteiger partial charge in [0.25, 0.3) is 0 Å². The number of ether oxygens (including phenoxy) is 1. The fourth-order valence-corrected chi connectivity index (χ4v) is 1.46. The Morgan fingerprint density at radius 3 is 2.58 bits per heavy atom. The summed E-state index contributed by atoms with van der Waals surface area (Å²) in [5.74, 6) is -2.07. The lowest BCUT2D eigenvalue weighted by atomic mass is 10.2. The van der Waals surface area contributed by atoms with E-state index >= 15 is 0 Å². The molecule has 0 bridgehead atoms. The zero-order chi connectivity index (χ0) is 14.3. The van der Waals surface area contributed by atoms with Crippen LogP contribution in [0.25, 0.3) is 0 Å². The van der Waals surface area contributed by atoms with Gasteiger partial charge in [-0.25, -0.2) is 8.78 Å². The van der Waals surface area contributed by atoms with Crippen LogP contribution in [-0.4, -0.2) is 32.2 Å². The molecule has 0 aromatic heterocycles. The Balaban J connectivity index is 2.43. The van der Waals surface area contributed by atoms with Gasteiger partial charge in [-0.15, -0.1) is 0 Å². The molecule has 1 aromatic carbocycles. The fourth-order valence-electron chi connectivity index (χ4n) is 1.46. The van der Waals surface area contributed by atoms with Crippen LogP contribution in [0.15, 0.2) is 18.2 Å². The predicted octanol–water partition coefficient (Wildman–Crippen LogP) is 1.92. The van der Waals surface area contributed by atoms with Crippen LogP contribution >= 0.6 is 0 Å². The van der Waals surface area contributed by atoms with E-state index in [9.17, 15) is 13.6 Å². The van der Waals surface area contributed by atoms with Crippen LogP contribution in [-0.2, 0) is 9.53 Å². The Hall–Kier alpha value is -1.53. The molecule has 0 saturated carbocycles. The number of benzene rings is 1. The maximum Gasteiger partial charge on any atom is 0.238 e. The highest BCUT2D eigenvalue weighted by molar-refractivity contribution is 5.92. The molecular formula is C13H18F2N2O2. The summed E-state index contributed by atoms with van der Waals surface area (Å²) in [6.45, 7) is 2.46. The molecule has 19 heavy (non-hydrogen) atoms. The first-order valence-electron chi connectivity index (χ1n) is 6.00. The van der Waals surface area contributed by atoms with Crippen molar-refractivity contribution in [2.45, 2.75) is 19.4 Å². The summed E-state index contributed by atoms with van der Waals surface area (Å²) in [7, 11) is 1.60. The quantitative estimate of drug-likeness (QED) is 0.797. The number of methoxy groups -OCH3 is 1. The minimum atomic E-state index is -0.791. The molecular weight excluding hydrogens is 254 g/mol. The zero-order valence-corrected chi connectivity index (χ0v) is 11.0. The summed E-state index contributed by atoms with van der Waals surface area (Å²) in [4.78, 5) is 11.6. The molecule has 1 atom stereocenters. The number of carbonyl (C=O) groups excluding carboxylic acids is 1. The Bertz CT molecular complexity index is 407. The average molecular weight is 272 g/mol. The van der Waals surface area contributed by atoms with Crippen molar-refractivity contribution in [3.8, 4) is 0 Å². The topological polar surface area (TPSA) is 50.4 Å². The zero-order valence-electron chi connectivity index (χ0n) is 11.0. The molecule has 0 spiro atoms. The smallest absolute Gasteiger partial charge is 0.238 e. The van der Waals surface area contributed by atoms with Gasteiger partial charge in [-0.3, -0.25) is 4.79 Å². The molecule has 1 amide bonds. The number of carbonyl (C=O) groups is 1. The van der Waals surface area contributed by atoms with Crippen molar-refractivity contribution in [1.29, 1.82) is 0 Å². The first kappa shape index (κ1) is 15.5. The number of halogens is 2. The monoisotopic (exact) mass is 272 g/mol. The molecule has 0 fully saturated rings. The SMILES string of the molecule is COCCC(C)NCC(=O)Nc1c(F)cccc1F. The van der Waals surface area contributed by atoms with Crippen molar-refractivity contribution in [1.82, 2.24) is 5.32 Å². The van der Waals surface area contributed by atoms with Gasteiger partial charge in [-0.2, -0.15) is 0 Å². The highest BCUT2D eigenvalue weighted by atomic mass is 19.1. The van der Waals surface area contributed by atoms with Crippen molar-refractivity contribution < 1.29 is 18.3 Å². The minimum Gasteiger partial charge on any atom is -0.385 e. The van der Waals surface area contributed by atoms with E-state index < -0.39 is 23.2 Å². The molecule has 1 unspecified atom stereocenters. The average Bonchev–Trinajstić information content (AvgIpc) is 2.38. The lowest BCUT2D eigenvalue weighted by Crippen LogP contribution is -2.35. The van der Waals surface area contributed by atoms with E-state index in [2.05, 4.69) is 10.6 Å². The third-order valence-corrected chi connectivity index (χ3v) is 2.59. The predicted molar refractivity (Wildman–Crippen MR) is 68.9 cm³/mol. The summed E-state index contributed by atoms with van der Waals surface area (Å²) in [5.41, 5.74) is -0.418. The van der Waals surface area contributed by atoms with Gasteiger partial charge in [0, 0.05) is 19.8 Å². The molecule has 1 rings (SSSR count). The molecule has 0 aliphatic carbocycles. The van der Waals surface area contributed by atoms with Crippen LogP contribution in [0.3, 0.4) is 0 Å². The van der Waals surface area contributed by atoms with Crippen molar-refractivity contribution in [2.24, 2.45) is 0 Å². The third kappa shape index (κ3) is 5.32. The number of hydrogen-bond acceptors (Lipinski definition) is 3. The van der Waals surface area contributed by atoms with Gasteiger partial charge in [0.05, 0.1) is 6.54 Å². The van der Waals surface area contributed by atoms with E-state index in [0.717, 1.165) is 18.6 Å². The molecule has 6 heteroatoms. The number of hydrogen-bond donors (Lipinski definition) is 2. The summed E-state index contributed by atoms with van der Waals surface area (Å²) < 4.78 is 31.5. The van der Waals surface area contributed by atoms with Gasteiger partial charge >= 0.3 is 0 Å². The first-order chi connectivity index (χ1) is 9.04. The van der Waals surface area contributed by atoms with Crippen molar-refractivity contribution in [3.05, 3.63) is 29.8 Å². The Morgan fingerprint density at radius 2 is 2.00 bits per heavy atom. The normalized spacial score (nSPS) is 12.2. The van der Waals surface area contributed by atoms with Crippen LogP contribution < -0.4 is 10.6 Å². The van der Waals surface area contributed by atoms with Gasteiger partial charge in [-0.1, -0.05) is 6.07 Å². The number of amides is 1. The Kier molecular flexibility index (Phi) is 6.38. The highest BCUT2D eigenvalue weighted by Gasteiger charge is 2.12. The standard InChI is InChI=1S/C13H18F2N2O2/c1-9(6-7-19-2)16-8-12(18)17-13-10(14)4-3-5-11(13)15/h3-5,9,16H,6-8H2,1-2H3,(H,17,18). The molecule has 1 aromatic rings. The van der Waals surface area contributed by atoms with Gasteiger partial charge in [0.2, 0.25) is 5.91 Å². The Labute approximate surface area is 111 Å². The summed E-state index contributed by atoms with van der Waals surface area (Å²) in [5, 5.41) is 5.15. The molecule has 106 valence electrons. The summed E-state index contributed by atoms with van der Waals surface area (Å²) in [6.07, 6.45) is 0.748. The maximum atomic E-state index is 13.3. The van der Waals surface area contributed by atoms with Crippen molar-refractivity contribution in [3.63, 3.8) is 0 Å². The van der Waals surface area contributed by atoms with E-state index in [0.29, 0.717) is 6.61 Å². The van der Waals surface area contributed by atoms with E-state index in [1.807, 2.05) is 6.92 Å². The molecule has 0 aliphatic heterocycles. The van der Waals surface area contributed by atoms with E-state index in [1.165, 1.54) is 6.07 Å². The lowest BCUT2D eigenvalue weighted by Gasteiger charge is -2.13. The molecule has 0 saturated heterocycles. The minimum absolute atomic E-state index is 0.0152. The second kappa shape index (κ2) is 7.81. The first-order valence-corrected chi connectivity index (χ1v) is 6.00. The van der Waals surface area contributed by atoms with E-state index in [-0.39, 0.29) is 12.6 Å². The van der Waals surface area contributed by atoms with Crippen molar-refractivity contribution in [2.75, 3.05) is 25.6 Å². The fraction of sp³-hybridized carbons (Fsp3) is 0.462. The Morgan fingerprint density at radius 1 is 1.37 bits per heavy atom. The van der Waals surface area contributed by atoms with Crippen LogP contribution in [0.4, 0.5) is 14.5 Å². The molecule has 0 aliphatic rings. The van der Waals surface area contributed by atoms with E-state index in [4.69, 9.17) is 4.74 Å². The van der Waals surface area contributed by atoms with Crippen LogP contribution in [0.2, 0.25) is 0 Å². The molecule has 2 N–H and O–H groups in total. The van der Waals surface area contributed by atoms with Crippen LogP contribution in [0, 0.1) is 11.6 Å². The number of rotatable bonds is 7. The van der Waals surface area contributed by atoms with Gasteiger partial charge in [-0.05, 0) is 25.5 Å². The second-order valence-corrected chi connectivity index (χ2v) is 4.21. The number of nitrogens with one attached hydrogen (secondary N) is 2. The summed E-state index contributed by atoms with van der Waals surface area (Å²) >= 11 is 0. The van der Waals surface area contributed by atoms with Crippen LogP contribution in [0.5, 0.6) is 0 Å². The molecule has 0 radical (unpaired) electrons. The van der Waals surface area contributed by atoms with Crippen LogP contribution in [0.1, 0.15) is 13.3 Å². The van der Waals surface area contributed by atoms with E-state index in [1.54, 1.807) is 7.11 Å². The molecule has 4 nitrogen and oxygen atoms in total. The molecule has 0 heterocycles.